The van der Waals surface area contributed by atoms with Gasteiger partial charge in [-0.1, -0.05) is 54.1 Å². The molecular formula is C35H23ClF3N3O6S3. The second kappa shape index (κ2) is 14.0. The van der Waals surface area contributed by atoms with E-state index >= 15 is 0 Å². The second-order valence-electron chi connectivity index (χ2n) is 11.1. The van der Waals surface area contributed by atoms with E-state index in [0.29, 0.717) is 22.3 Å². The molecule has 0 fully saturated rings. The third-order valence-corrected chi connectivity index (χ3v) is 11.5. The first kappa shape index (κ1) is 35.8. The zero-order valence-corrected chi connectivity index (χ0v) is 29.1. The van der Waals surface area contributed by atoms with Gasteiger partial charge in [-0.05, 0) is 59.5 Å². The van der Waals surface area contributed by atoms with Crippen molar-refractivity contribution in [2.45, 2.75) is 11.3 Å². The number of alkyl halides is 2. The molecule has 0 atom stereocenters. The van der Waals surface area contributed by atoms with E-state index in [1.165, 1.54) is 24.3 Å². The van der Waals surface area contributed by atoms with E-state index in [9.17, 15) is 34.8 Å². The van der Waals surface area contributed by atoms with Gasteiger partial charge in [0.05, 0.1) is 28.4 Å². The molecule has 0 saturated carbocycles. The van der Waals surface area contributed by atoms with E-state index in [1.54, 1.807) is 41.8 Å². The van der Waals surface area contributed by atoms with Crippen LogP contribution in [0.15, 0.2) is 101 Å². The summed E-state index contributed by atoms with van der Waals surface area (Å²) in [6.45, 7) is 7.44. The van der Waals surface area contributed by atoms with Crippen molar-refractivity contribution in [3.8, 4) is 33.5 Å². The molecule has 6 aromatic rings. The van der Waals surface area contributed by atoms with Crippen molar-refractivity contribution in [1.82, 2.24) is 9.29 Å². The molecule has 6 rings (SSSR count). The molecule has 2 heterocycles. The third kappa shape index (κ3) is 7.14. The molecule has 260 valence electrons. The number of thiophene rings is 1. The summed E-state index contributed by atoms with van der Waals surface area (Å²) in [5.41, 5.74) is 1.73. The summed E-state index contributed by atoms with van der Waals surface area (Å²) in [5.74, 6) is -1.98. The molecule has 0 bridgehead atoms. The van der Waals surface area contributed by atoms with Gasteiger partial charge < -0.3 is 5.32 Å². The lowest BCUT2D eigenvalue weighted by molar-refractivity contribution is 0.0956. The summed E-state index contributed by atoms with van der Waals surface area (Å²) in [5, 5.41) is 4.57. The third-order valence-electron chi connectivity index (χ3n) is 7.90. The Bertz CT molecular complexity index is 2600. The minimum Gasteiger partial charge on any atom is -0.351 e. The molecule has 1 amide bonds. The number of aromatic nitrogens is 1. The number of carbonyl (C=O) groups is 1. The lowest BCUT2D eigenvalue weighted by Crippen LogP contribution is -2.28. The zero-order chi connectivity index (χ0) is 36.7. The molecule has 4 aromatic carbocycles. The summed E-state index contributed by atoms with van der Waals surface area (Å²) in [7, 11) is -8.84. The predicted molar refractivity (Wildman–Crippen MR) is 190 cm³/mol. The van der Waals surface area contributed by atoms with Crippen LogP contribution >= 0.6 is 22.9 Å². The number of hydrogen-bond donors (Lipinski definition) is 2. The van der Waals surface area contributed by atoms with Gasteiger partial charge in [0, 0.05) is 50.3 Å². The normalized spacial score (nSPS) is 11.9. The van der Waals surface area contributed by atoms with Gasteiger partial charge in [0.25, 0.3) is 32.5 Å². The molecule has 0 aliphatic carbocycles. The molecule has 9 nitrogen and oxygen atoms in total. The summed E-state index contributed by atoms with van der Waals surface area (Å²) in [6, 6.07) is 20.3. The van der Waals surface area contributed by atoms with Gasteiger partial charge in [-0.3, -0.25) is 9.35 Å². The van der Waals surface area contributed by atoms with Crippen molar-refractivity contribution in [3.63, 3.8) is 0 Å². The second-order valence-corrected chi connectivity index (χ2v) is 15.8. The highest BCUT2D eigenvalue weighted by molar-refractivity contribution is 7.90. The number of fused-ring (bicyclic) bond motifs is 1. The monoisotopic (exact) mass is 769 g/mol. The van der Waals surface area contributed by atoms with Crippen LogP contribution in [0, 0.1) is 12.4 Å². The average Bonchev–Trinajstić information content (AvgIpc) is 3.70. The van der Waals surface area contributed by atoms with Gasteiger partial charge >= 0.3 is 0 Å². The van der Waals surface area contributed by atoms with E-state index in [-0.39, 0.29) is 54.8 Å². The smallest absolute Gasteiger partial charge is 0.268 e. The molecule has 0 radical (unpaired) electrons. The van der Waals surface area contributed by atoms with Gasteiger partial charge in [0.2, 0.25) is 5.00 Å². The number of nitrogens with one attached hydrogen (secondary N) is 1. The number of hydrogen-bond acceptors (Lipinski definition) is 6. The Morgan fingerprint density at radius 2 is 1.67 bits per heavy atom. The Hall–Kier alpha value is -4.98. The van der Waals surface area contributed by atoms with E-state index in [0.717, 1.165) is 45.6 Å². The van der Waals surface area contributed by atoms with Crippen molar-refractivity contribution >= 4 is 64.9 Å². The molecular weight excluding hydrogens is 747 g/mol. The molecule has 2 N–H and O–H groups in total. The molecule has 0 aliphatic heterocycles. The fraction of sp³-hybridized carbons (Fsp3) is 0.0857. The first-order valence-corrected chi connectivity index (χ1v) is 19.1. The van der Waals surface area contributed by atoms with Crippen molar-refractivity contribution in [3.05, 3.63) is 130 Å². The fourth-order valence-corrected chi connectivity index (χ4v) is 8.49. The standard InChI is InChI=1S/C35H23ClF3N3O6S3/c1-40-35-27(13-15-49-35)31-28-19-24(37)8-12-30(28)42(51(47,48)25-9-5-20(6-10-25)33(38)39)32(31)22-4-2-3-21(17-22)26-11-7-23(18-29(26)36)34(43)41-14-16-50(44,45)46/h2-13,15,17-19,33H,14,16H2,(H,41,43)(H,44,45,46). The molecule has 0 aliphatic rings. The largest absolute Gasteiger partial charge is 0.351 e. The molecule has 0 spiro atoms. The zero-order valence-electron chi connectivity index (χ0n) is 25.8. The molecule has 16 heteroatoms. The minimum absolute atomic E-state index is 0.0737. The van der Waals surface area contributed by atoms with Crippen molar-refractivity contribution in [2.24, 2.45) is 0 Å². The first-order chi connectivity index (χ1) is 24.2. The van der Waals surface area contributed by atoms with Crippen LogP contribution in [0.3, 0.4) is 0 Å². The Labute approximate surface area is 299 Å². The number of halogens is 4. The van der Waals surface area contributed by atoms with Crippen LogP contribution in [0.4, 0.5) is 18.2 Å². The highest BCUT2D eigenvalue weighted by atomic mass is 35.5. The highest BCUT2D eigenvalue weighted by Crippen LogP contribution is 2.48. The lowest BCUT2D eigenvalue weighted by Gasteiger charge is -2.15. The van der Waals surface area contributed by atoms with Gasteiger partial charge in [-0.15, -0.1) is 0 Å². The van der Waals surface area contributed by atoms with Crippen molar-refractivity contribution in [2.75, 3.05) is 12.3 Å². The number of carbonyl (C=O) groups excluding carboxylic acids is 1. The van der Waals surface area contributed by atoms with Gasteiger partial charge in [-0.25, -0.2) is 30.4 Å². The Morgan fingerprint density at radius 1 is 0.941 bits per heavy atom. The molecule has 0 saturated heterocycles. The van der Waals surface area contributed by atoms with Crippen LogP contribution in [-0.4, -0.2) is 43.6 Å². The number of benzene rings is 4. The molecule has 2 aromatic heterocycles. The van der Waals surface area contributed by atoms with Crippen LogP contribution in [0.1, 0.15) is 22.3 Å². The van der Waals surface area contributed by atoms with E-state index < -0.39 is 44.0 Å². The SMILES string of the molecule is [C-]#[N+]c1sccc1-c1c(-c2cccc(-c3ccc(C(=O)NCCS(=O)(=O)O)cc3Cl)c2)n(S(=O)(=O)c2ccc(C(F)F)cc2)c2ccc(F)cc12. The topological polar surface area (TPSA) is 127 Å². The van der Waals surface area contributed by atoms with Gasteiger partial charge in [0.1, 0.15) is 5.82 Å². The van der Waals surface area contributed by atoms with E-state index in [2.05, 4.69) is 10.2 Å². The first-order valence-electron chi connectivity index (χ1n) is 14.8. The summed E-state index contributed by atoms with van der Waals surface area (Å²) in [4.78, 5) is 15.9. The maximum absolute atomic E-state index is 14.9. The maximum Gasteiger partial charge on any atom is 0.268 e. The van der Waals surface area contributed by atoms with E-state index in [4.69, 9.17) is 22.7 Å². The van der Waals surface area contributed by atoms with E-state index in [1.807, 2.05) is 0 Å². The maximum atomic E-state index is 14.9. The van der Waals surface area contributed by atoms with Crippen LogP contribution in [0.2, 0.25) is 5.02 Å². The Balaban J connectivity index is 1.55. The van der Waals surface area contributed by atoms with Crippen LogP contribution in [0.25, 0.3) is 49.3 Å². The lowest BCUT2D eigenvalue weighted by atomic mass is 9.96. The number of rotatable bonds is 10. The van der Waals surface area contributed by atoms with Crippen LogP contribution < -0.4 is 5.32 Å². The quantitative estimate of drug-likeness (QED) is 0.106. The average molecular weight is 770 g/mol. The van der Waals surface area contributed by atoms with Crippen LogP contribution in [0.5, 0.6) is 0 Å². The van der Waals surface area contributed by atoms with Crippen molar-refractivity contribution < 1.29 is 39.4 Å². The minimum atomic E-state index is -4.56. The molecule has 0 unspecified atom stereocenters. The van der Waals surface area contributed by atoms with Crippen LogP contribution in [-0.2, 0) is 20.1 Å². The number of nitrogens with zero attached hydrogens (tertiary/aromatic N) is 2. The van der Waals surface area contributed by atoms with Crippen molar-refractivity contribution in [1.29, 1.82) is 0 Å². The Morgan fingerprint density at radius 3 is 2.33 bits per heavy atom. The van der Waals surface area contributed by atoms with Gasteiger partial charge in [-0.2, -0.15) is 19.8 Å². The summed E-state index contributed by atoms with van der Waals surface area (Å²) >= 11 is 7.74. The predicted octanol–water partition coefficient (Wildman–Crippen LogP) is 8.84. The van der Waals surface area contributed by atoms with Gasteiger partial charge in [0.15, 0.2) is 0 Å². The highest BCUT2D eigenvalue weighted by Gasteiger charge is 2.30. The number of amides is 1. The summed E-state index contributed by atoms with van der Waals surface area (Å²) in [6.07, 6.45) is -2.83. The Kier molecular flexibility index (Phi) is 9.82. The molecule has 51 heavy (non-hydrogen) atoms. The fourth-order valence-electron chi connectivity index (χ4n) is 5.61. The summed E-state index contributed by atoms with van der Waals surface area (Å²) < 4.78 is 103.